The number of hydrogen-bond donors (Lipinski definition) is 1. The van der Waals surface area contributed by atoms with Gasteiger partial charge in [0.1, 0.15) is 0 Å². The van der Waals surface area contributed by atoms with Crippen LogP contribution in [0.2, 0.25) is 0 Å². The van der Waals surface area contributed by atoms with E-state index >= 15 is 0 Å². The predicted molar refractivity (Wildman–Crippen MR) is 88.5 cm³/mol. The van der Waals surface area contributed by atoms with Crippen LogP contribution in [0.4, 0.5) is 0 Å². The molecule has 0 radical (unpaired) electrons. The average Bonchev–Trinajstić information content (AvgIpc) is 2.43. The van der Waals surface area contributed by atoms with Gasteiger partial charge in [-0.3, -0.25) is 0 Å². The Morgan fingerprint density at radius 1 is 1.10 bits per heavy atom. The molecule has 0 saturated carbocycles. The minimum absolute atomic E-state index is 0.252. The van der Waals surface area contributed by atoms with Crippen molar-refractivity contribution in [2.45, 2.75) is 84.8 Å². The van der Waals surface area contributed by atoms with Crippen LogP contribution in [0.15, 0.2) is 0 Å². The molecule has 0 rings (SSSR count). The Morgan fingerprint density at radius 3 is 2.30 bits per heavy atom. The van der Waals surface area contributed by atoms with Crippen LogP contribution in [0.5, 0.6) is 0 Å². The van der Waals surface area contributed by atoms with Crippen molar-refractivity contribution in [3.8, 4) is 0 Å². The molecular weight excluding hydrogens is 272 g/mol. The number of halogens is 1. The summed E-state index contributed by atoms with van der Waals surface area (Å²) in [6.45, 7) is 9.36. The summed E-state index contributed by atoms with van der Waals surface area (Å²) in [7, 11) is 0. The molecule has 0 spiro atoms. The normalized spacial score (nSPS) is 16.4. The fourth-order valence-electron chi connectivity index (χ4n) is 2.55. The highest BCUT2D eigenvalue weighted by molar-refractivity contribution is 6.18. The molecule has 0 heterocycles. The third kappa shape index (κ3) is 10.9. The van der Waals surface area contributed by atoms with Crippen molar-refractivity contribution < 1.29 is 9.84 Å². The Kier molecular flexibility index (Phi) is 13.0. The highest BCUT2D eigenvalue weighted by Crippen LogP contribution is 2.22. The van der Waals surface area contributed by atoms with Gasteiger partial charge < -0.3 is 9.84 Å². The van der Waals surface area contributed by atoms with Crippen LogP contribution in [0, 0.1) is 11.8 Å². The summed E-state index contributed by atoms with van der Waals surface area (Å²) in [4.78, 5) is 0. The van der Waals surface area contributed by atoms with E-state index in [2.05, 4.69) is 27.7 Å². The number of aliphatic hydroxyl groups excluding tert-OH is 1. The molecule has 122 valence electrons. The van der Waals surface area contributed by atoms with Crippen molar-refractivity contribution in [1.82, 2.24) is 0 Å². The lowest BCUT2D eigenvalue weighted by Crippen LogP contribution is -2.24. The lowest BCUT2D eigenvalue weighted by Gasteiger charge is -2.23. The van der Waals surface area contributed by atoms with Crippen LogP contribution in [-0.4, -0.2) is 29.8 Å². The monoisotopic (exact) mass is 306 g/mol. The van der Waals surface area contributed by atoms with Gasteiger partial charge in [-0.05, 0) is 31.1 Å². The fraction of sp³-hybridized carbons (Fsp3) is 1.00. The topological polar surface area (TPSA) is 29.5 Å². The Labute approximate surface area is 131 Å². The minimum atomic E-state index is -0.534. The number of ether oxygens (including phenoxy) is 1. The van der Waals surface area contributed by atoms with Crippen LogP contribution in [0.1, 0.15) is 72.6 Å². The zero-order valence-electron chi connectivity index (χ0n) is 13.9. The molecule has 0 aromatic heterocycles. The van der Waals surface area contributed by atoms with Gasteiger partial charge in [0.2, 0.25) is 0 Å². The summed E-state index contributed by atoms with van der Waals surface area (Å²) in [6, 6.07) is 0. The van der Waals surface area contributed by atoms with Crippen LogP contribution in [0.25, 0.3) is 0 Å². The molecule has 20 heavy (non-hydrogen) atoms. The zero-order valence-corrected chi connectivity index (χ0v) is 14.7. The van der Waals surface area contributed by atoms with E-state index < -0.39 is 6.10 Å². The van der Waals surface area contributed by atoms with Gasteiger partial charge in [-0.25, -0.2) is 0 Å². The fourth-order valence-corrected chi connectivity index (χ4v) is 2.64. The van der Waals surface area contributed by atoms with E-state index in [-0.39, 0.29) is 12.0 Å². The Hall–Kier alpha value is 0.210. The van der Waals surface area contributed by atoms with Crippen LogP contribution in [0.3, 0.4) is 0 Å². The number of unbranched alkanes of at least 4 members (excludes halogenated alkanes) is 1. The second kappa shape index (κ2) is 12.9. The number of rotatable bonds is 13. The molecule has 0 amide bonds. The van der Waals surface area contributed by atoms with E-state index in [1.807, 2.05) is 0 Å². The second-order valence-electron chi connectivity index (χ2n) is 6.39. The smallest absolute Gasteiger partial charge is 0.0908 e. The average molecular weight is 307 g/mol. The van der Waals surface area contributed by atoms with E-state index in [0.29, 0.717) is 12.5 Å². The number of alkyl halides is 1. The highest BCUT2D eigenvalue weighted by Gasteiger charge is 2.16. The van der Waals surface area contributed by atoms with Crippen molar-refractivity contribution >= 4 is 11.6 Å². The number of hydrogen-bond acceptors (Lipinski definition) is 2. The molecule has 0 aliphatic rings. The highest BCUT2D eigenvalue weighted by atomic mass is 35.5. The minimum Gasteiger partial charge on any atom is -0.389 e. The summed E-state index contributed by atoms with van der Waals surface area (Å²) in [5, 5.41) is 9.52. The summed E-state index contributed by atoms with van der Waals surface area (Å²) in [5.74, 6) is 1.71. The van der Waals surface area contributed by atoms with Gasteiger partial charge >= 0.3 is 0 Å². The van der Waals surface area contributed by atoms with Gasteiger partial charge in [0.25, 0.3) is 0 Å². The van der Waals surface area contributed by atoms with Gasteiger partial charge in [0, 0.05) is 0 Å². The molecule has 0 saturated heterocycles. The van der Waals surface area contributed by atoms with Gasteiger partial charge in [-0.2, -0.15) is 0 Å². The summed E-state index contributed by atoms with van der Waals surface area (Å²) in [6.07, 6.45) is 8.37. The molecule has 0 aliphatic heterocycles. The van der Waals surface area contributed by atoms with Crippen molar-refractivity contribution in [3.63, 3.8) is 0 Å². The van der Waals surface area contributed by atoms with Crippen LogP contribution >= 0.6 is 11.6 Å². The Morgan fingerprint density at radius 2 is 1.80 bits per heavy atom. The molecule has 0 unspecified atom stereocenters. The molecule has 1 N–H and O–H groups in total. The van der Waals surface area contributed by atoms with E-state index in [4.69, 9.17) is 16.3 Å². The molecule has 0 fully saturated rings. The second-order valence-corrected chi connectivity index (χ2v) is 6.70. The summed E-state index contributed by atoms with van der Waals surface area (Å²) in [5.41, 5.74) is 0. The van der Waals surface area contributed by atoms with Crippen molar-refractivity contribution in [2.24, 2.45) is 11.8 Å². The first-order chi connectivity index (χ1) is 9.53. The molecule has 0 aliphatic carbocycles. The Bertz CT molecular complexity index is 209. The third-order valence-corrected chi connectivity index (χ3v) is 4.23. The predicted octanol–water partition coefficient (Wildman–Crippen LogP) is 5.01. The number of aliphatic hydroxyl groups is 1. The van der Waals surface area contributed by atoms with Crippen molar-refractivity contribution in [1.29, 1.82) is 0 Å². The maximum absolute atomic E-state index is 9.52. The van der Waals surface area contributed by atoms with Crippen molar-refractivity contribution in [3.05, 3.63) is 0 Å². The first-order valence-corrected chi connectivity index (χ1v) is 8.92. The lowest BCUT2D eigenvalue weighted by molar-refractivity contribution is -0.0164. The standard InChI is InChI=1S/C17H35ClO2/c1-5-7-8-15(6-2)9-10-17(11-14(3)4)20-13-16(19)12-18/h14-17,19H,5-13H2,1-4H3/t15-,16-,17+/m1/s1. The van der Waals surface area contributed by atoms with E-state index in [1.54, 1.807) is 0 Å². The molecule has 2 nitrogen and oxygen atoms in total. The zero-order chi connectivity index (χ0) is 15.4. The molecule has 0 bridgehead atoms. The molecule has 3 heteroatoms. The molecule has 0 aromatic carbocycles. The molecule has 0 aromatic rings. The van der Waals surface area contributed by atoms with Gasteiger partial charge in [0.15, 0.2) is 0 Å². The molecule has 3 atom stereocenters. The SMILES string of the molecule is CCCC[C@@H](CC)CC[C@@H](CC(C)C)OC[C@H](O)CCl. The summed E-state index contributed by atoms with van der Waals surface area (Å²) >= 11 is 5.62. The third-order valence-electron chi connectivity index (χ3n) is 3.88. The van der Waals surface area contributed by atoms with Gasteiger partial charge in [0.05, 0.1) is 24.7 Å². The first-order valence-electron chi connectivity index (χ1n) is 8.38. The maximum atomic E-state index is 9.52. The Balaban J connectivity index is 4.12. The van der Waals surface area contributed by atoms with Gasteiger partial charge in [-0.1, -0.05) is 53.4 Å². The summed E-state index contributed by atoms with van der Waals surface area (Å²) < 4.78 is 5.87. The van der Waals surface area contributed by atoms with Crippen LogP contribution in [-0.2, 0) is 4.74 Å². The van der Waals surface area contributed by atoms with Crippen LogP contribution < -0.4 is 0 Å². The largest absolute Gasteiger partial charge is 0.389 e. The van der Waals surface area contributed by atoms with Crippen molar-refractivity contribution in [2.75, 3.05) is 12.5 Å². The maximum Gasteiger partial charge on any atom is 0.0908 e. The lowest BCUT2D eigenvalue weighted by atomic mass is 9.91. The van der Waals surface area contributed by atoms with E-state index in [9.17, 15) is 5.11 Å². The molecular formula is C17H35ClO2. The first kappa shape index (κ1) is 20.2. The van der Waals surface area contributed by atoms with E-state index in [0.717, 1.165) is 18.8 Å². The van der Waals surface area contributed by atoms with E-state index in [1.165, 1.54) is 32.1 Å². The van der Waals surface area contributed by atoms with Gasteiger partial charge in [-0.15, -0.1) is 11.6 Å². The quantitative estimate of drug-likeness (QED) is 0.484.